The zero-order chi connectivity index (χ0) is 18.2. The number of furan rings is 1. The smallest absolute Gasteiger partial charge is 0.216 e. The van der Waals surface area contributed by atoms with Crippen LogP contribution >= 0.6 is 11.8 Å². The fourth-order valence-corrected chi connectivity index (χ4v) is 4.45. The Hall–Kier alpha value is -1.96. The summed E-state index contributed by atoms with van der Waals surface area (Å²) in [5, 5.41) is 14.9. The van der Waals surface area contributed by atoms with E-state index in [0.717, 1.165) is 30.0 Å². The molecule has 0 aromatic carbocycles. The summed E-state index contributed by atoms with van der Waals surface area (Å²) >= 11 is 2.08. The van der Waals surface area contributed by atoms with Crippen LogP contribution in [0.4, 0.5) is 0 Å². The van der Waals surface area contributed by atoms with Crippen molar-refractivity contribution in [2.75, 3.05) is 19.3 Å². The highest BCUT2D eigenvalue weighted by atomic mass is 32.2. The highest BCUT2D eigenvalue weighted by molar-refractivity contribution is 7.99. The number of nitrogens with one attached hydrogen (secondary N) is 3. The molecule has 1 aliphatic carbocycles. The zero-order valence-corrected chi connectivity index (χ0v) is 16.3. The second-order valence-electron chi connectivity index (χ2n) is 6.42. The molecule has 1 fully saturated rings. The van der Waals surface area contributed by atoms with Crippen molar-refractivity contribution in [3.8, 4) is 11.6 Å². The number of aliphatic imine (C=N–C) groups is 1. The molecule has 1 aliphatic rings. The van der Waals surface area contributed by atoms with Crippen LogP contribution in [0.5, 0.6) is 0 Å². The molecule has 0 aliphatic heterocycles. The van der Waals surface area contributed by atoms with Gasteiger partial charge in [0.1, 0.15) is 5.82 Å². The van der Waals surface area contributed by atoms with E-state index in [4.69, 9.17) is 4.42 Å². The molecule has 8 heteroatoms. The normalized spacial score (nSPS) is 20.9. The third-order valence-electron chi connectivity index (χ3n) is 4.52. The maximum atomic E-state index is 5.31. The minimum absolute atomic E-state index is 0.509. The summed E-state index contributed by atoms with van der Waals surface area (Å²) in [6.07, 6.45) is 7.43. The molecule has 2 heterocycles. The Labute approximate surface area is 158 Å². The van der Waals surface area contributed by atoms with E-state index in [0.29, 0.717) is 17.6 Å². The molecular formula is C18H28N6OS. The van der Waals surface area contributed by atoms with Crippen LogP contribution in [-0.2, 0) is 6.42 Å². The van der Waals surface area contributed by atoms with Crippen molar-refractivity contribution >= 4 is 17.7 Å². The SMILES string of the molecule is CCSC1CCCC(NC(=NC)NCCc2nc(-c3ccco3)n[nH]2)C1. The largest absolute Gasteiger partial charge is 0.461 e. The van der Waals surface area contributed by atoms with E-state index in [1.807, 2.05) is 19.2 Å². The lowest BCUT2D eigenvalue weighted by molar-refractivity contribution is 0.419. The molecular weight excluding hydrogens is 348 g/mol. The topological polar surface area (TPSA) is 91.1 Å². The van der Waals surface area contributed by atoms with Gasteiger partial charge in [0.15, 0.2) is 11.7 Å². The molecule has 1 saturated carbocycles. The van der Waals surface area contributed by atoms with E-state index in [1.54, 1.807) is 6.26 Å². The predicted molar refractivity (Wildman–Crippen MR) is 106 cm³/mol. The molecule has 0 amide bonds. The van der Waals surface area contributed by atoms with Crippen molar-refractivity contribution in [2.45, 2.75) is 50.3 Å². The Morgan fingerprint density at radius 2 is 2.38 bits per heavy atom. The van der Waals surface area contributed by atoms with Crippen molar-refractivity contribution in [1.29, 1.82) is 0 Å². The second kappa shape index (κ2) is 9.66. The van der Waals surface area contributed by atoms with Gasteiger partial charge in [0, 0.05) is 31.3 Å². The first kappa shape index (κ1) is 18.8. The fourth-order valence-electron chi connectivity index (χ4n) is 3.27. The van der Waals surface area contributed by atoms with Gasteiger partial charge in [-0.05, 0) is 37.1 Å². The van der Waals surface area contributed by atoms with E-state index in [-0.39, 0.29) is 0 Å². The van der Waals surface area contributed by atoms with Crippen LogP contribution in [0.2, 0.25) is 0 Å². The van der Waals surface area contributed by atoms with Crippen molar-refractivity contribution in [1.82, 2.24) is 25.8 Å². The zero-order valence-electron chi connectivity index (χ0n) is 15.5. The van der Waals surface area contributed by atoms with Gasteiger partial charge in [0.25, 0.3) is 0 Å². The van der Waals surface area contributed by atoms with Crippen molar-refractivity contribution in [3.05, 3.63) is 24.2 Å². The molecule has 7 nitrogen and oxygen atoms in total. The Bertz CT molecular complexity index is 682. The summed E-state index contributed by atoms with van der Waals surface area (Å²) < 4.78 is 5.31. The van der Waals surface area contributed by atoms with Gasteiger partial charge in [0.05, 0.1) is 6.26 Å². The van der Waals surface area contributed by atoms with Gasteiger partial charge in [-0.2, -0.15) is 16.9 Å². The van der Waals surface area contributed by atoms with E-state index < -0.39 is 0 Å². The number of aromatic amines is 1. The van der Waals surface area contributed by atoms with Crippen LogP contribution in [0.3, 0.4) is 0 Å². The molecule has 0 saturated heterocycles. The maximum absolute atomic E-state index is 5.31. The average molecular weight is 377 g/mol. The number of hydrogen-bond donors (Lipinski definition) is 3. The molecule has 26 heavy (non-hydrogen) atoms. The minimum Gasteiger partial charge on any atom is -0.461 e. The van der Waals surface area contributed by atoms with Crippen LogP contribution < -0.4 is 10.6 Å². The van der Waals surface area contributed by atoms with Crippen molar-refractivity contribution < 1.29 is 4.42 Å². The van der Waals surface area contributed by atoms with E-state index >= 15 is 0 Å². The van der Waals surface area contributed by atoms with Gasteiger partial charge in [-0.25, -0.2) is 4.98 Å². The first-order valence-electron chi connectivity index (χ1n) is 9.32. The Balaban J connectivity index is 1.43. The molecule has 2 aromatic heterocycles. The number of guanidine groups is 1. The summed E-state index contributed by atoms with van der Waals surface area (Å²) in [4.78, 5) is 8.81. The standard InChI is InChI=1S/C18H28N6OS/c1-3-26-14-7-4-6-13(12-14)21-18(19-2)20-10-9-16-22-17(24-23-16)15-8-5-11-25-15/h5,8,11,13-14H,3-4,6-7,9-10,12H2,1-2H3,(H2,19,20,21)(H,22,23,24). The van der Waals surface area contributed by atoms with Crippen LogP contribution in [0.25, 0.3) is 11.6 Å². The maximum Gasteiger partial charge on any atom is 0.216 e. The number of nitrogens with zero attached hydrogens (tertiary/aromatic N) is 3. The van der Waals surface area contributed by atoms with Crippen LogP contribution in [-0.4, -0.2) is 51.8 Å². The van der Waals surface area contributed by atoms with Crippen LogP contribution in [0.1, 0.15) is 38.4 Å². The highest BCUT2D eigenvalue weighted by Gasteiger charge is 2.22. The predicted octanol–water partition coefficient (Wildman–Crippen LogP) is 2.84. The number of thioether (sulfide) groups is 1. The quantitative estimate of drug-likeness (QED) is 0.508. The Morgan fingerprint density at radius 1 is 1.46 bits per heavy atom. The number of hydrogen-bond acceptors (Lipinski definition) is 5. The number of H-pyrrole nitrogens is 1. The van der Waals surface area contributed by atoms with Gasteiger partial charge in [0.2, 0.25) is 5.82 Å². The number of aromatic nitrogens is 3. The van der Waals surface area contributed by atoms with Crippen molar-refractivity contribution in [2.24, 2.45) is 4.99 Å². The monoisotopic (exact) mass is 376 g/mol. The highest BCUT2D eigenvalue weighted by Crippen LogP contribution is 2.28. The molecule has 0 radical (unpaired) electrons. The second-order valence-corrected chi connectivity index (χ2v) is 7.99. The van der Waals surface area contributed by atoms with Crippen molar-refractivity contribution in [3.63, 3.8) is 0 Å². The van der Waals surface area contributed by atoms with E-state index in [1.165, 1.54) is 31.4 Å². The summed E-state index contributed by atoms with van der Waals surface area (Å²) in [6.45, 7) is 2.98. The van der Waals surface area contributed by atoms with Crippen LogP contribution in [0.15, 0.2) is 27.8 Å². The summed E-state index contributed by atoms with van der Waals surface area (Å²) in [7, 11) is 1.82. The lowest BCUT2D eigenvalue weighted by Crippen LogP contribution is -2.46. The molecule has 0 spiro atoms. The van der Waals surface area contributed by atoms with E-state index in [2.05, 4.69) is 49.5 Å². The number of rotatable bonds is 7. The average Bonchev–Trinajstić information content (AvgIpc) is 3.33. The molecule has 2 atom stereocenters. The molecule has 2 aromatic rings. The van der Waals surface area contributed by atoms with Gasteiger partial charge in [-0.1, -0.05) is 13.3 Å². The fraction of sp³-hybridized carbons (Fsp3) is 0.611. The van der Waals surface area contributed by atoms with E-state index in [9.17, 15) is 0 Å². The molecule has 2 unspecified atom stereocenters. The van der Waals surface area contributed by atoms with Gasteiger partial charge < -0.3 is 15.1 Å². The summed E-state index contributed by atoms with van der Waals surface area (Å²) in [5.74, 6) is 4.16. The summed E-state index contributed by atoms with van der Waals surface area (Å²) in [6, 6.07) is 4.19. The van der Waals surface area contributed by atoms with Gasteiger partial charge >= 0.3 is 0 Å². The first-order valence-corrected chi connectivity index (χ1v) is 10.4. The van der Waals surface area contributed by atoms with Gasteiger partial charge in [-0.15, -0.1) is 0 Å². The minimum atomic E-state index is 0.509. The molecule has 0 bridgehead atoms. The third kappa shape index (κ3) is 5.27. The molecule has 3 N–H and O–H groups in total. The van der Waals surface area contributed by atoms with Crippen LogP contribution in [0, 0.1) is 0 Å². The lowest BCUT2D eigenvalue weighted by atomic mass is 9.95. The Morgan fingerprint density at radius 3 is 3.15 bits per heavy atom. The first-order chi connectivity index (χ1) is 12.8. The Kier molecular flexibility index (Phi) is 6.99. The summed E-state index contributed by atoms with van der Waals surface area (Å²) in [5.41, 5.74) is 0. The molecule has 3 rings (SSSR count). The third-order valence-corrected chi connectivity index (χ3v) is 5.75. The lowest BCUT2D eigenvalue weighted by Gasteiger charge is -2.30. The molecule has 142 valence electrons. The van der Waals surface area contributed by atoms with Gasteiger partial charge in [-0.3, -0.25) is 10.1 Å².